The van der Waals surface area contributed by atoms with Gasteiger partial charge in [0.2, 0.25) is 5.91 Å². The third-order valence-corrected chi connectivity index (χ3v) is 9.44. The molecule has 0 aromatic heterocycles. The summed E-state index contributed by atoms with van der Waals surface area (Å²) in [5.74, 6) is -0.0166. The van der Waals surface area contributed by atoms with Crippen LogP contribution in [0.5, 0.6) is 0 Å². The van der Waals surface area contributed by atoms with Crippen molar-refractivity contribution in [3.8, 4) is 0 Å². The molecule has 0 saturated heterocycles. The van der Waals surface area contributed by atoms with Gasteiger partial charge >= 0.3 is 0 Å². The molecule has 1 N–H and O–H groups in total. The summed E-state index contributed by atoms with van der Waals surface area (Å²) < 4.78 is 0. The zero-order valence-corrected chi connectivity index (χ0v) is 28.3. The summed E-state index contributed by atoms with van der Waals surface area (Å²) in [4.78, 5) is 21.5. The Morgan fingerprint density at radius 3 is 2.07 bits per heavy atom. The minimum atomic E-state index is -0.0166. The molecule has 45 heavy (non-hydrogen) atoms. The Hall–Kier alpha value is -3.22. The second-order valence-corrected chi connectivity index (χ2v) is 13.3. The number of likely N-dealkylation sites (N-methyl/N-ethyl adjacent to an activating group) is 1. The highest BCUT2D eigenvalue weighted by Crippen LogP contribution is 2.28. The number of nitrogens with zero attached hydrogens (tertiary/aromatic N) is 2. The molecule has 1 heterocycles. The van der Waals surface area contributed by atoms with Gasteiger partial charge in [0.25, 0.3) is 0 Å². The zero-order valence-electron chi connectivity index (χ0n) is 27.5. The summed E-state index contributed by atoms with van der Waals surface area (Å²) in [6.45, 7) is 2.96. The Bertz CT molecular complexity index is 1280. The topological polar surface area (TPSA) is 44.8 Å². The van der Waals surface area contributed by atoms with Gasteiger partial charge in [-0.1, -0.05) is 120 Å². The molecular formula is C39H53N3O2S. The SMILES string of the molecule is CCCCCCCCCCCCCCON(c1ccccc1)c1ccc(CC(=O)Nc2cccc(CC3SC=CN3C)c2)cc1. The second kappa shape index (κ2) is 20.0. The first-order valence-electron chi connectivity index (χ1n) is 17.1. The van der Waals surface area contributed by atoms with Crippen molar-refractivity contribution in [2.24, 2.45) is 0 Å². The number of thioether (sulfide) groups is 1. The molecule has 242 valence electrons. The molecule has 0 fully saturated rings. The molecule has 0 aliphatic carbocycles. The first-order valence-corrected chi connectivity index (χ1v) is 18.1. The van der Waals surface area contributed by atoms with Crippen LogP contribution < -0.4 is 10.4 Å². The maximum absolute atomic E-state index is 12.9. The van der Waals surface area contributed by atoms with Crippen LogP contribution in [0.4, 0.5) is 17.1 Å². The van der Waals surface area contributed by atoms with Crippen LogP contribution in [-0.2, 0) is 22.5 Å². The summed E-state index contributed by atoms with van der Waals surface area (Å²) in [5.41, 5.74) is 4.99. The summed E-state index contributed by atoms with van der Waals surface area (Å²) >= 11 is 1.83. The number of benzene rings is 3. The molecule has 1 atom stereocenters. The van der Waals surface area contributed by atoms with E-state index >= 15 is 0 Å². The number of anilines is 3. The summed E-state index contributed by atoms with van der Waals surface area (Å²) in [6, 6.07) is 26.5. The third kappa shape index (κ3) is 12.6. The minimum Gasteiger partial charge on any atom is -0.367 e. The van der Waals surface area contributed by atoms with Gasteiger partial charge in [0.1, 0.15) is 0 Å². The highest BCUT2D eigenvalue weighted by molar-refractivity contribution is 8.02. The largest absolute Gasteiger partial charge is 0.367 e. The lowest BCUT2D eigenvalue weighted by Gasteiger charge is -2.24. The monoisotopic (exact) mass is 627 g/mol. The normalized spacial score (nSPS) is 14.2. The molecule has 1 aliphatic rings. The smallest absolute Gasteiger partial charge is 0.228 e. The lowest BCUT2D eigenvalue weighted by Crippen LogP contribution is -2.22. The van der Waals surface area contributed by atoms with Gasteiger partial charge in [-0.3, -0.25) is 9.63 Å². The third-order valence-electron chi connectivity index (χ3n) is 8.35. The summed E-state index contributed by atoms with van der Waals surface area (Å²) in [5, 5.41) is 7.54. The fourth-order valence-corrected chi connectivity index (χ4v) is 6.68. The number of amides is 1. The van der Waals surface area contributed by atoms with Crippen molar-refractivity contribution in [2.75, 3.05) is 24.0 Å². The molecule has 1 unspecified atom stereocenters. The van der Waals surface area contributed by atoms with E-state index in [2.05, 4.69) is 60.1 Å². The predicted molar refractivity (Wildman–Crippen MR) is 193 cm³/mol. The van der Waals surface area contributed by atoms with E-state index < -0.39 is 0 Å². The van der Waals surface area contributed by atoms with Crippen molar-refractivity contribution >= 4 is 34.7 Å². The first-order chi connectivity index (χ1) is 22.1. The van der Waals surface area contributed by atoms with Gasteiger partial charge in [0, 0.05) is 25.4 Å². The Morgan fingerprint density at radius 2 is 1.42 bits per heavy atom. The average molecular weight is 628 g/mol. The van der Waals surface area contributed by atoms with Crippen molar-refractivity contribution in [3.05, 3.63) is 102 Å². The van der Waals surface area contributed by atoms with Gasteiger partial charge in [-0.2, -0.15) is 0 Å². The fourth-order valence-electron chi connectivity index (χ4n) is 5.68. The summed E-state index contributed by atoms with van der Waals surface area (Å²) in [6.07, 6.45) is 19.3. The Kier molecular flexibility index (Phi) is 15.4. The van der Waals surface area contributed by atoms with E-state index in [4.69, 9.17) is 4.84 Å². The van der Waals surface area contributed by atoms with Crippen LogP contribution in [0.2, 0.25) is 0 Å². The van der Waals surface area contributed by atoms with Crippen LogP contribution in [0.1, 0.15) is 95.1 Å². The molecule has 6 heteroatoms. The van der Waals surface area contributed by atoms with Gasteiger partial charge < -0.3 is 10.2 Å². The van der Waals surface area contributed by atoms with Gasteiger partial charge in [0.05, 0.1) is 29.8 Å². The Morgan fingerprint density at radius 1 is 0.778 bits per heavy atom. The van der Waals surface area contributed by atoms with Gasteiger partial charge in [-0.25, -0.2) is 5.06 Å². The molecule has 0 saturated carbocycles. The zero-order chi connectivity index (χ0) is 31.5. The number of para-hydroxylation sites is 1. The Labute approximate surface area is 276 Å². The predicted octanol–water partition coefficient (Wildman–Crippen LogP) is 10.7. The van der Waals surface area contributed by atoms with Gasteiger partial charge in [0.15, 0.2) is 0 Å². The summed E-state index contributed by atoms with van der Waals surface area (Å²) in [7, 11) is 2.10. The minimum absolute atomic E-state index is 0.0166. The van der Waals surface area contributed by atoms with Crippen molar-refractivity contribution in [1.29, 1.82) is 0 Å². The van der Waals surface area contributed by atoms with Crippen molar-refractivity contribution < 1.29 is 9.63 Å². The molecule has 4 rings (SSSR count). The number of unbranched alkanes of at least 4 members (excludes halogenated alkanes) is 11. The highest BCUT2D eigenvalue weighted by Gasteiger charge is 2.17. The number of hydrogen-bond acceptors (Lipinski definition) is 5. The number of hydrogen-bond donors (Lipinski definition) is 1. The highest BCUT2D eigenvalue weighted by atomic mass is 32.2. The lowest BCUT2D eigenvalue weighted by atomic mass is 10.1. The van der Waals surface area contributed by atoms with E-state index in [0.29, 0.717) is 18.4 Å². The quantitative estimate of drug-likeness (QED) is 0.0940. The van der Waals surface area contributed by atoms with E-state index in [1.54, 1.807) is 0 Å². The van der Waals surface area contributed by atoms with E-state index in [-0.39, 0.29) is 5.91 Å². The fraction of sp³-hybridized carbons (Fsp3) is 0.462. The van der Waals surface area contributed by atoms with Crippen molar-refractivity contribution in [1.82, 2.24) is 4.90 Å². The molecule has 0 spiro atoms. The maximum Gasteiger partial charge on any atom is 0.228 e. The van der Waals surface area contributed by atoms with Gasteiger partial charge in [-0.15, -0.1) is 11.8 Å². The number of carbonyl (C=O) groups excluding carboxylic acids is 1. The van der Waals surface area contributed by atoms with E-state index in [9.17, 15) is 4.79 Å². The van der Waals surface area contributed by atoms with Crippen molar-refractivity contribution in [2.45, 2.75) is 102 Å². The molecular weight excluding hydrogens is 575 g/mol. The first kappa shape index (κ1) is 34.6. The number of nitrogens with one attached hydrogen (secondary N) is 1. The number of rotatable bonds is 21. The molecule has 1 aliphatic heterocycles. The average Bonchev–Trinajstić information content (AvgIpc) is 3.46. The molecule has 0 bridgehead atoms. The van der Waals surface area contributed by atoms with Crippen molar-refractivity contribution in [3.63, 3.8) is 0 Å². The maximum atomic E-state index is 12.9. The molecule has 1 amide bonds. The number of carbonyl (C=O) groups is 1. The molecule has 3 aromatic carbocycles. The van der Waals surface area contributed by atoms with Crippen LogP contribution in [0.15, 0.2) is 90.5 Å². The van der Waals surface area contributed by atoms with Crippen LogP contribution >= 0.6 is 11.8 Å². The van der Waals surface area contributed by atoms with E-state index in [1.165, 1.54) is 76.2 Å². The Balaban J connectivity index is 1.20. The van der Waals surface area contributed by atoms with E-state index in [1.807, 2.05) is 71.4 Å². The second-order valence-electron chi connectivity index (χ2n) is 12.2. The molecule has 3 aromatic rings. The van der Waals surface area contributed by atoms with Gasteiger partial charge in [-0.05, 0) is 59.4 Å². The molecule has 5 nitrogen and oxygen atoms in total. The molecule has 0 radical (unpaired) electrons. The van der Waals surface area contributed by atoms with Crippen LogP contribution in [-0.4, -0.2) is 29.8 Å². The lowest BCUT2D eigenvalue weighted by molar-refractivity contribution is -0.115. The van der Waals surface area contributed by atoms with Crippen LogP contribution in [0.3, 0.4) is 0 Å². The van der Waals surface area contributed by atoms with Crippen LogP contribution in [0.25, 0.3) is 0 Å². The standard InChI is InChI=1S/C39H53N3O2S/c1-3-4-5-6-7-8-9-10-11-12-13-17-28-44-42(36-21-15-14-16-22-36)37-25-23-33(24-26-37)31-38(43)40-35-20-18-19-34(30-35)32-39-41(2)27-29-45-39/h14-16,18-27,29-30,39H,3-13,17,28,31-32H2,1-2H3,(H,40,43). The van der Waals surface area contributed by atoms with E-state index in [0.717, 1.165) is 35.5 Å². The van der Waals surface area contributed by atoms with Crippen LogP contribution in [0, 0.1) is 0 Å².